The molecule has 0 spiro atoms. The molecular weight excluding hydrogens is 606 g/mol. The van der Waals surface area contributed by atoms with Crippen LogP contribution in [0.3, 0.4) is 0 Å². The molecule has 46 heavy (non-hydrogen) atoms. The van der Waals surface area contributed by atoms with Crippen LogP contribution in [0.1, 0.15) is 64.2 Å². The Labute approximate surface area is 262 Å². The van der Waals surface area contributed by atoms with Gasteiger partial charge in [0.15, 0.2) is 0 Å². The number of hydrogen-bond acceptors (Lipinski definition) is 5. The average molecular weight is 640 g/mol. The molecule has 2 aromatic heterocycles. The number of hydrogen-bond donors (Lipinski definition) is 4. The molecular formula is C33H33F4N5O4. The number of rotatable bonds is 5. The van der Waals surface area contributed by atoms with Crippen LogP contribution in [-0.4, -0.2) is 58.2 Å². The van der Waals surface area contributed by atoms with Crippen LogP contribution in [0.5, 0.6) is 0 Å². The third-order valence-electron chi connectivity index (χ3n) is 7.66. The molecule has 9 nitrogen and oxygen atoms in total. The van der Waals surface area contributed by atoms with Gasteiger partial charge in [0.25, 0.3) is 11.8 Å². The SMILES string of the molecule is Cc1cc(C)c(/C=C2\C(=O)N(CC3CCC(N)CC3)c3cc(C(=O)NCC#Cc4ccccn4)c(F)cc32)[nH]1.O=C(O)C(F)(F)F. The number of carboxylic acid groups (broad SMARTS) is 1. The Bertz CT molecular complexity index is 1700. The molecule has 0 radical (unpaired) electrons. The number of H-pyrrole nitrogens is 1. The summed E-state index contributed by atoms with van der Waals surface area (Å²) in [5.74, 6) is 1.77. The van der Waals surface area contributed by atoms with Crippen molar-refractivity contribution in [2.24, 2.45) is 11.7 Å². The maximum atomic E-state index is 15.3. The summed E-state index contributed by atoms with van der Waals surface area (Å²) in [5.41, 5.74) is 10.8. The number of nitrogens with zero attached hydrogens (tertiary/aromatic N) is 2. The Morgan fingerprint density at radius 3 is 2.46 bits per heavy atom. The highest BCUT2D eigenvalue weighted by Gasteiger charge is 2.38. The minimum absolute atomic E-state index is 0.0352. The van der Waals surface area contributed by atoms with Gasteiger partial charge in [-0.25, -0.2) is 14.2 Å². The summed E-state index contributed by atoms with van der Waals surface area (Å²) in [6, 6.07) is 10.4. The summed E-state index contributed by atoms with van der Waals surface area (Å²) in [7, 11) is 0. The second-order valence-electron chi connectivity index (χ2n) is 11.2. The van der Waals surface area contributed by atoms with E-state index in [0.717, 1.165) is 42.6 Å². The first-order valence-electron chi connectivity index (χ1n) is 14.5. The smallest absolute Gasteiger partial charge is 0.475 e. The predicted molar refractivity (Wildman–Crippen MR) is 164 cm³/mol. The molecule has 1 fully saturated rings. The van der Waals surface area contributed by atoms with Crippen molar-refractivity contribution in [1.29, 1.82) is 0 Å². The molecule has 2 aliphatic rings. The standard InChI is InChI=1S/C31H32FN5O2.C2HF3O2/c1-19-14-20(2)36-28(19)16-25-24-15-27(32)26(30(38)35-13-5-7-23-6-3-4-12-34-23)17-29(24)37(31(25)39)18-21-8-10-22(33)11-9-21;3-2(4,5)1(6)7/h3-4,6,12,14-17,21-22,36H,8-11,13,18,33H2,1-2H3,(H,35,38);(H,6,7)/b25-16-;. The van der Waals surface area contributed by atoms with Gasteiger partial charge in [-0.1, -0.05) is 12.0 Å². The lowest BCUT2D eigenvalue weighted by Gasteiger charge is -2.30. The van der Waals surface area contributed by atoms with Gasteiger partial charge in [-0.05, 0) is 93.3 Å². The highest BCUT2D eigenvalue weighted by molar-refractivity contribution is 6.36. The third-order valence-corrected chi connectivity index (χ3v) is 7.66. The van der Waals surface area contributed by atoms with Crippen LogP contribution in [0.2, 0.25) is 0 Å². The minimum Gasteiger partial charge on any atom is -0.475 e. The maximum absolute atomic E-state index is 15.3. The number of amides is 2. The van der Waals surface area contributed by atoms with Crippen molar-refractivity contribution < 1.29 is 37.1 Å². The fraction of sp³-hybridized carbons (Fsp3) is 0.333. The van der Waals surface area contributed by atoms with Gasteiger partial charge in [0.2, 0.25) is 0 Å². The molecule has 1 saturated carbocycles. The van der Waals surface area contributed by atoms with E-state index in [1.165, 1.54) is 12.1 Å². The number of anilines is 1. The molecule has 242 valence electrons. The van der Waals surface area contributed by atoms with Crippen molar-refractivity contribution in [3.8, 4) is 11.8 Å². The molecule has 1 aliphatic heterocycles. The van der Waals surface area contributed by atoms with Crippen molar-refractivity contribution in [3.05, 3.63) is 82.2 Å². The van der Waals surface area contributed by atoms with Gasteiger partial charge in [0, 0.05) is 35.7 Å². The number of aryl methyl sites for hydroxylation is 2. The van der Waals surface area contributed by atoms with Crippen LogP contribution in [0.4, 0.5) is 23.2 Å². The summed E-state index contributed by atoms with van der Waals surface area (Å²) in [4.78, 5) is 44.7. The predicted octanol–water partition coefficient (Wildman–Crippen LogP) is 4.99. The van der Waals surface area contributed by atoms with Crippen LogP contribution in [0.25, 0.3) is 11.6 Å². The van der Waals surface area contributed by atoms with Crippen molar-refractivity contribution in [3.63, 3.8) is 0 Å². The first kappa shape index (κ1) is 33.9. The largest absolute Gasteiger partial charge is 0.490 e. The quantitative estimate of drug-likeness (QED) is 0.176. The number of halogens is 4. The van der Waals surface area contributed by atoms with Crippen molar-refractivity contribution in [2.45, 2.75) is 51.7 Å². The number of carbonyl (C=O) groups excluding carboxylic acids is 2. The van der Waals surface area contributed by atoms with E-state index in [0.29, 0.717) is 35.0 Å². The van der Waals surface area contributed by atoms with Gasteiger partial charge in [0.1, 0.15) is 11.5 Å². The van der Waals surface area contributed by atoms with Gasteiger partial charge >= 0.3 is 12.1 Å². The summed E-state index contributed by atoms with van der Waals surface area (Å²) in [6.45, 7) is 4.45. The minimum atomic E-state index is -5.08. The fourth-order valence-corrected chi connectivity index (χ4v) is 5.33. The molecule has 0 bridgehead atoms. The number of pyridine rings is 1. The fourth-order valence-electron chi connectivity index (χ4n) is 5.33. The van der Waals surface area contributed by atoms with E-state index >= 15 is 4.39 Å². The van der Waals surface area contributed by atoms with Crippen molar-refractivity contribution >= 4 is 35.1 Å². The zero-order valence-electron chi connectivity index (χ0n) is 25.2. The summed E-state index contributed by atoms with van der Waals surface area (Å²) >= 11 is 0. The van der Waals surface area contributed by atoms with Crippen LogP contribution in [-0.2, 0) is 9.59 Å². The van der Waals surface area contributed by atoms with Crippen LogP contribution in [0, 0.1) is 37.4 Å². The monoisotopic (exact) mass is 639 g/mol. The number of nitrogens with two attached hydrogens (primary N) is 1. The lowest BCUT2D eigenvalue weighted by atomic mass is 9.86. The molecule has 3 heterocycles. The van der Waals surface area contributed by atoms with Gasteiger partial charge in [-0.15, -0.1) is 0 Å². The number of nitrogens with one attached hydrogen (secondary N) is 2. The highest BCUT2D eigenvalue weighted by Crippen LogP contribution is 2.41. The molecule has 2 amide bonds. The summed E-state index contributed by atoms with van der Waals surface area (Å²) in [5, 5.41) is 9.78. The summed E-state index contributed by atoms with van der Waals surface area (Å²) < 4.78 is 47.1. The number of aliphatic carboxylic acids is 1. The van der Waals surface area contributed by atoms with Crippen LogP contribution in [0.15, 0.2) is 42.6 Å². The van der Waals surface area contributed by atoms with E-state index in [-0.39, 0.29) is 24.1 Å². The van der Waals surface area contributed by atoms with Crippen LogP contribution < -0.4 is 16.0 Å². The van der Waals surface area contributed by atoms with E-state index in [1.54, 1.807) is 29.3 Å². The zero-order valence-corrected chi connectivity index (χ0v) is 25.2. The Kier molecular flexibility index (Phi) is 10.6. The molecule has 13 heteroatoms. The first-order valence-corrected chi connectivity index (χ1v) is 14.5. The number of carbonyl (C=O) groups is 3. The molecule has 0 atom stereocenters. The number of benzene rings is 1. The number of alkyl halides is 3. The highest BCUT2D eigenvalue weighted by atomic mass is 19.4. The molecule has 3 aromatic rings. The Hall–Kier alpha value is -4.96. The van der Waals surface area contributed by atoms with Gasteiger partial charge < -0.3 is 26.0 Å². The number of fused-ring (bicyclic) bond motifs is 1. The van der Waals surface area contributed by atoms with Gasteiger partial charge in [0.05, 0.1) is 23.4 Å². The topological polar surface area (TPSA) is 141 Å². The number of aromatic amines is 1. The Balaban J connectivity index is 0.000000617. The van der Waals surface area contributed by atoms with Gasteiger partial charge in [-0.3, -0.25) is 9.59 Å². The maximum Gasteiger partial charge on any atom is 0.490 e. The first-order chi connectivity index (χ1) is 21.7. The second-order valence-corrected chi connectivity index (χ2v) is 11.2. The van der Waals surface area contributed by atoms with E-state index in [9.17, 15) is 22.8 Å². The lowest BCUT2D eigenvalue weighted by Crippen LogP contribution is -2.36. The molecule has 1 aliphatic carbocycles. The second kappa shape index (κ2) is 14.4. The van der Waals surface area contributed by atoms with Crippen LogP contribution >= 0.6 is 0 Å². The lowest BCUT2D eigenvalue weighted by molar-refractivity contribution is -0.192. The zero-order chi connectivity index (χ0) is 33.6. The molecule has 5 N–H and O–H groups in total. The van der Waals surface area contributed by atoms with E-state index in [1.807, 2.05) is 26.0 Å². The molecule has 5 rings (SSSR count). The number of aromatic nitrogens is 2. The van der Waals surface area contributed by atoms with E-state index in [2.05, 4.69) is 27.1 Å². The van der Waals surface area contributed by atoms with Crippen molar-refractivity contribution in [1.82, 2.24) is 15.3 Å². The third kappa shape index (κ3) is 8.39. The van der Waals surface area contributed by atoms with Crippen molar-refractivity contribution in [2.75, 3.05) is 18.0 Å². The molecule has 1 aromatic carbocycles. The van der Waals surface area contributed by atoms with E-state index < -0.39 is 23.9 Å². The summed E-state index contributed by atoms with van der Waals surface area (Å²) in [6.07, 6.45) is 2.03. The normalized spacial score (nSPS) is 18.3. The molecule has 0 saturated heterocycles. The molecule has 0 unspecified atom stereocenters. The van der Waals surface area contributed by atoms with Gasteiger partial charge in [-0.2, -0.15) is 13.2 Å². The average Bonchev–Trinajstić information content (AvgIpc) is 3.45. The Morgan fingerprint density at radius 2 is 1.87 bits per heavy atom. The number of carboxylic acids is 1. The Morgan fingerprint density at radius 1 is 1.17 bits per heavy atom. The van der Waals surface area contributed by atoms with E-state index in [4.69, 9.17) is 15.6 Å².